The Morgan fingerprint density at radius 3 is 2.31 bits per heavy atom. The smallest absolute Gasteiger partial charge is 0.255 e. The molecule has 1 aromatic heterocycles. The van der Waals surface area contributed by atoms with Crippen molar-refractivity contribution in [2.75, 3.05) is 28.6 Å². The highest BCUT2D eigenvalue weighted by Crippen LogP contribution is 2.23. The van der Waals surface area contributed by atoms with Crippen molar-refractivity contribution in [3.05, 3.63) is 71.8 Å². The van der Waals surface area contributed by atoms with Crippen LogP contribution in [0.2, 0.25) is 0 Å². The number of carbonyl (C=O) groups is 1. The van der Waals surface area contributed by atoms with Gasteiger partial charge in [0.1, 0.15) is 23.3 Å². The maximum Gasteiger partial charge on any atom is 0.255 e. The Hall–Kier alpha value is -3.48. The average molecular weight is 391 g/mol. The van der Waals surface area contributed by atoms with E-state index in [2.05, 4.69) is 25.5 Å². The number of rotatable bonds is 5. The number of anilines is 4. The summed E-state index contributed by atoms with van der Waals surface area (Å²) in [5.41, 5.74) is 1.91. The fourth-order valence-electron chi connectivity index (χ4n) is 3.31. The monoisotopic (exact) mass is 391 g/mol. The van der Waals surface area contributed by atoms with Crippen molar-refractivity contribution < 1.29 is 9.18 Å². The summed E-state index contributed by atoms with van der Waals surface area (Å²) in [6.45, 7) is 3.94. The molecule has 1 aliphatic rings. The minimum Gasteiger partial charge on any atom is -0.356 e. The van der Waals surface area contributed by atoms with Crippen LogP contribution < -0.4 is 15.5 Å². The quantitative estimate of drug-likeness (QED) is 0.669. The van der Waals surface area contributed by atoms with Crippen LogP contribution in [0.15, 0.2) is 54.6 Å². The van der Waals surface area contributed by atoms with Crippen LogP contribution in [0, 0.1) is 12.7 Å². The first kappa shape index (κ1) is 18.9. The molecule has 4 rings (SSSR count). The van der Waals surface area contributed by atoms with E-state index in [-0.39, 0.29) is 11.7 Å². The molecule has 0 saturated carbocycles. The van der Waals surface area contributed by atoms with E-state index >= 15 is 0 Å². The molecule has 0 spiro atoms. The minimum atomic E-state index is -0.371. The van der Waals surface area contributed by atoms with Crippen molar-refractivity contribution in [3.8, 4) is 0 Å². The van der Waals surface area contributed by atoms with Gasteiger partial charge in [-0.3, -0.25) is 4.79 Å². The molecule has 1 aliphatic heterocycles. The van der Waals surface area contributed by atoms with Gasteiger partial charge in [-0.15, -0.1) is 0 Å². The first-order valence-electron chi connectivity index (χ1n) is 9.61. The number of carbonyl (C=O) groups excluding carboxylic acids is 1. The molecule has 0 radical (unpaired) electrons. The molecule has 2 N–H and O–H groups in total. The van der Waals surface area contributed by atoms with Gasteiger partial charge < -0.3 is 15.5 Å². The number of hydrogen-bond acceptors (Lipinski definition) is 5. The van der Waals surface area contributed by atoms with Crippen molar-refractivity contribution in [1.82, 2.24) is 9.97 Å². The largest absolute Gasteiger partial charge is 0.356 e. The Bertz CT molecular complexity index is 999. The van der Waals surface area contributed by atoms with Crippen molar-refractivity contribution in [2.24, 2.45) is 0 Å². The molecule has 2 heterocycles. The van der Waals surface area contributed by atoms with Crippen LogP contribution in [0.4, 0.5) is 27.4 Å². The van der Waals surface area contributed by atoms with Crippen LogP contribution in [0.3, 0.4) is 0 Å². The topological polar surface area (TPSA) is 70.2 Å². The molecule has 148 valence electrons. The highest BCUT2D eigenvalue weighted by atomic mass is 19.1. The van der Waals surface area contributed by atoms with Crippen molar-refractivity contribution >= 4 is 28.9 Å². The lowest BCUT2D eigenvalue weighted by molar-refractivity contribution is 0.102. The van der Waals surface area contributed by atoms with Crippen molar-refractivity contribution in [1.29, 1.82) is 0 Å². The molecule has 2 aromatic carbocycles. The fraction of sp³-hybridized carbons (Fsp3) is 0.227. The van der Waals surface area contributed by atoms with Crippen LogP contribution in [-0.2, 0) is 0 Å². The summed E-state index contributed by atoms with van der Waals surface area (Å²) in [6.07, 6.45) is 2.38. The normalized spacial score (nSPS) is 13.4. The van der Waals surface area contributed by atoms with Crippen LogP contribution in [0.25, 0.3) is 0 Å². The third-order valence-corrected chi connectivity index (χ3v) is 4.78. The second kappa shape index (κ2) is 8.26. The van der Waals surface area contributed by atoms with Crippen LogP contribution in [0.5, 0.6) is 0 Å². The molecule has 0 atom stereocenters. The lowest BCUT2D eigenvalue weighted by Crippen LogP contribution is -2.19. The Morgan fingerprint density at radius 1 is 0.966 bits per heavy atom. The van der Waals surface area contributed by atoms with Gasteiger partial charge in [0.25, 0.3) is 5.91 Å². The van der Waals surface area contributed by atoms with Gasteiger partial charge in [0.05, 0.1) is 0 Å². The second-order valence-corrected chi connectivity index (χ2v) is 7.02. The Kier molecular flexibility index (Phi) is 5.37. The van der Waals surface area contributed by atoms with E-state index in [0.29, 0.717) is 11.3 Å². The van der Waals surface area contributed by atoms with E-state index in [4.69, 9.17) is 0 Å². The first-order chi connectivity index (χ1) is 14.1. The zero-order valence-corrected chi connectivity index (χ0v) is 16.2. The summed E-state index contributed by atoms with van der Waals surface area (Å²) in [6, 6.07) is 14.7. The predicted octanol–water partition coefficient (Wildman–Crippen LogP) is 4.52. The summed E-state index contributed by atoms with van der Waals surface area (Å²) in [5, 5.41) is 6.10. The number of nitrogens with zero attached hydrogens (tertiary/aromatic N) is 3. The highest BCUT2D eigenvalue weighted by Gasteiger charge is 2.15. The van der Waals surface area contributed by atoms with E-state index in [9.17, 15) is 9.18 Å². The van der Waals surface area contributed by atoms with Crippen LogP contribution >= 0.6 is 0 Å². The van der Waals surface area contributed by atoms with Gasteiger partial charge in [0.2, 0.25) is 0 Å². The third kappa shape index (κ3) is 4.68. The van der Waals surface area contributed by atoms with Gasteiger partial charge in [0.15, 0.2) is 0 Å². The number of aryl methyl sites for hydroxylation is 1. The molecular weight excluding hydrogens is 369 g/mol. The number of aromatic nitrogens is 2. The zero-order valence-electron chi connectivity index (χ0n) is 16.2. The molecule has 29 heavy (non-hydrogen) atoms. The minimum absolute atomic E-state index is 0.285. The van der Waals surface area contributed by atoms with E-state index in [1.54, 1.807) is 12.1 Å². The molecule has 1 amide bonds. The average Bonchev–Trinajstić information content (AvgIpc) is 3.24. The summed E-state index contributed by atoms with van der Waals surface area (Å²) in [5.74, 6) is 1.75. The van der Waals surface area contributed by atoms with Gasteiger partial charge in [0, 0.05) is 36.1 Å². The lowest BCUT2D eigenvalue weighted by atomic mass is 10.2. The van der Waals surface area contributed by atoms with Crippen LogP contribution in [0.1, 0.15) is 29.0 Å². The fourth-order valence-corrected chi connectivity index (χ4v) is 3.31. The van der Waals surface area contributed by atoms with Gasteiger partial charge in [-0.25, -0.2) is 14.4 Å². The van der Waals surface area contributed by atoms with Gasteiger partial charge in [-0.1, -0.05) is 0 Å². The summed E-state index contributed by atoms with van der Waals surface area (Å²) >= 11 is 0. The zero-order chi connectivity index (χ0) is 20.2. The standard InChI is InChI=1S/C22H22FN5O/c1-15-24-20(14-21(25-15)28-12-2-3-13-28)26-18-8-10-19(11-9-18)27-22(29)16-4-6-17(23)7-5-16/h4-11,14H,2-3,12-13H2,1H3,(H,27,29)(H,24,25,26). The first-order valence-corrected chi connectivity index (χ1v) is 9.61. The Morgan fingerprint density at radius 2 is 1.62 bits per heavy atom. The van der Waals surface area contributed by atoms with Crippen molar-refractivity contribution in [3.63, 3.8) is 0 Å². The third-order valence-electron chi connectivity index (χ3n) is 4.78. The number of hydrogen-bond donors (Lipinski definition) is 2. The molecule has 7 heteroatoms. The van der Waals surface area contributed by atoms with E-state index in [1.807, 2.05) is 25.1 Å². The van der Waals surface area contributed by atoms with E-state index < -0.39 is 0 Å². The molecule has 0 bridgehead atoms. The summed E-state index contributed by atoms with van der Waals surface area (Å²) in [4.78, 5) is 23.5. The molecule has 0 unspecified atom stereocenters. The molecular formula is C22H22FN5O. The van der Waals surface area contributed by atoms with Crippen LogP contribution in [-0.4, -0.2) is 29.0 Å². The Balaban J connectivity index is 1.43. The molecule has 6 nitrogen and oxygen atoms in total. The number of benzene rings is 2. The molecule has 1 fully saturated rings. The Labute approximate surface area is 168 Å². The summed E-state index contributed by atoms with van der Waals surface area (Å²) in [7, 11) is 0. The van der Waals surface area contributed by atoms with E-state index in [0.717, 1.165) is 36.2 Å². The number of nitrogens with one attached hydrogen (secondary N) is 2. The maximum absolute atomic E-state index is 13.0. The second-order valence-electron chi connectivity index (χ2n) is 7.02. The molecule has 0 aliphatic carbocycles. The van der Waals surface area contributed by atoms with Gasteiger partial charge in [-0.2, -0.15) is 0 Å². The van der Waals surface area contributed by atoms with Crippen molar-refractivity contribution in [2.45, 2.75) is 19.8 Å². The van der Waals surface area contributed by atoms with E-state index in [1.165, 1.54) is 37.1 Å². The molecule has 1 saturated heterocycles. The number of amides is 1. The predicted molar refractivity (Wildman–Crippen MR) is 112 cm³/mol. The maximum atomic E-state index is 13.0. The lowest BCUT2D eigenvalue weighted by Gasteiger charge is -2.18. The SMILES string of the molecule is Cc1nc(Nc2ccc(NC(=O)c3ccc(F)cc3)cc2)cc(N2CCCC2)n1. The van der Waals surface area contributed by atoms with Gasteiger partial charge >= 0.3 is 0 Å². The van der Waals surface area contributed by atoms with Gasteiger partial charge in [-0.05, 0) is 68.3 Å². The highest BCUT2D eigenvalue weighted by molar-refractivity contribution is 6.04. The summed E-state index contributed by atoms with van der Waals surface area (Å²) < 4.78 is 13.0. The number of halogens is 1. The molecule has 3 aromatic rings.